The fourth-order valence-corrected chi connectivity index (χ4v) is 5.48. The molecule has 0 radical (unpaired) electrons. The second-order valence-corrected chi connectivity index (χ2v) is 10.2. The van der Waals surface area contributed by atoms with Crippen LogP contribution in [0, 0.1) is 17.8 Å². The number of fused-ring (bicyclic) bond motifs is 3. The number of rotatable bonds is 10. The molecule has 0 spiro atoms. The van der Waals surface area contributed by atoms with Crippen LogP contribution in [0.25, 0.3) is 11.1 Å². The zero-order chi connectivity index (χ0) is 24.4. The number of aliphatic carboxylic acids is 1. The molecule has 0 saturated heterocycles. The van der Waals surface area contributed by atoms with Crippen molar-refractivity contribution in [1.82, 2.24) is 10.6 Å². The number of hydrogen-bond acceptors (Lipinski definition) is 4. The molecule has 3 N–H and O–H groups in total. The molecular weight excluding hydrogens is 444 g/mol. The number of amides is 2. The number of carboxylic acid groups (broad SMARTS) is 1. The molecule has 2 saturated carbocycles. The van der Waals surface area contributed by atoms with Gasteiger partial charge in [0, 0.05) is 24.9 Å². The van der Waals surface area contributed by atoms with Crippen LogP contribution < -0.4 is 10.6 Å². The van der Waals surface area contributed by atoms with E-state index in [1.807, 2.05) is 24.3 Å². The van der Waals surface area contributed by atoms with Gasteiger partial charge in [0.15, 0.2) is 0 Å². The molecular formula is C28H32N2O5. The first kappa shape index (κ1) is 23.4. The van der Waals surface area contributed by atoms with E-state index < -0.39 is 12.1 Å². The Hall–Kier alpha value is -3.35. The van der Waals surface area contributed by atoms with E-state index >= 15 is 0 Å². The van der Waals surface area contributed by atoms with E-state index in [0.29, 0.717) is 18.8 Å². The number of carbonyl (C=O) groups is 3. The summed E-state index contributed by atoms with van der Waals surface area (Å²) < 4.78 is 5.62. The van der Waals surface area contributed by atoms with Gasteiger partial charge in [0.25, 0.3) is 0 Å². The third kappa shape index (κ3) is 5.50. The highest BCUT2D eigenvalue weighted by molar-refractivity contribution is 5.81. The van der Waals surface area contributed by atoms with E-state index in [0.717, 1.165) is 30.4 Å². The second-order valence-electron chi connectivity index (χ2n) is 10.2. The highest BCUT2D eigenvalue weighted by Crippen LogP contribution is 2.44. The third-order valence-corrected chi connectivity index (χ3v) is 7.57. The average Bonchev–Trinajstić information content (AvgIpc) is 3.59. The normalized spacial score (nSPS) is 21.3. The fraction of sp³-hybridized carbons (Fsp3) is 0.464. The van der Waals surface area contributed by atoms with E-state index in [9.17, 15) is 14.4 Å². The molecule has 2 aromatic rings. The number of hydrogen-bond donors (Lipinski definition) is 3. The third-order valence-electron chi connectivity index (χ3n) is 7.57. The highest BCUT2D eigenvalue weighted by Gasteiger charge is 2.35. The molecule has 0 heterocycles. The number of alkyl carbamates (subject to hydrolysis) is 1. The summed E-state index contributed by atoms with van der Waals surface area (Å²) in [4.78, 5) is 36.3. The molecule has 5 rings (SSSR count). The Bertz CT molecular complexity index is 1060. The average molecular weight is 477 g/mol. The van der Waals surface area contributed by atoms with E-state index in [1.165, 1.54) is 11.1 Å². The summed E-state index contributed by atoms with van der Waals surface area (Å²) >= 11 is 0. The quantitative estimate of drug-likeness (QED) is 0.474. The summed E-state index contributed by atoms with van der Waals surface area (Å²) in [7, 11) is 0. The summed E-state index contributed by atoms with van der Waals surface area (Å²) in [6.45, 7) is 0.483. The van der Waals surface area contributed by atoms with E-state index in [2.05, 4.69) is 34.9 Å². The van der Waals surface area contributed by atoms with Crippen LogP contribution in [0.5, 0.6) is 0 Å². The molecule has 2 amide bonds. The van der Waals surface area contributed by atoms with Crippen LogP contribution in [-0.2, 0) is 14.3 Å². The van der Waals surface area contributed by atoms with Crippen LogP contribution in [0.4, 0.5) is 4.79 Å². The molecule has 1 atom stereocenters. The van der Waals surface area contributed by atoms with Crippen LogP contribution in [0.3, 0.4) is 0 Å². The summed E-state index contributed by atoms with van der Waals surface area (Å²) in [6, 6.07) is 16.4. The molecule has 1 unspecified atom stereocenters. The molecule has 35 heavy (non-hydrogen) atoms. The van der Waals surface area contributed by atoms with Gasteiger partial charge in [0.1, 0.15) is 6.61 Å². The Kier molecular flexibility index (Phi) is 6.75. The SMILES string of the molecule is O=C(O)CC1CC(NC(=O)C(CNC(=O)OCC2c3ccccc3-c3ccccc32)CC2CC2)C1. The highest BCUT2D eigenvalue weighted by atomic mass is 16.5. The van der Waals surface area contributed by atoms with Crippen LogP contribution in [-0.4, -0.2) is 42.3 Å². The molecule has 0 bridgehead atoms. The molecule has 3 aliphatic rings. The topological polar surface area (TPSA) is 105 Å². The fourth-order valence-electron chi connectivity index (χ4n) is 5.48. The van der Waals surface area contributed by atoms with Crippen molar-refractivity contribution in [2.45, 2.75) is 50.5 Å². The van der Waals surface area contributed by atoms with E-state index in [4.69, 9.17) is 9.84 Å². The number of carboxylic acids is 1. The maximum absolute atomic E-state index is 12.9. The van der Waals surface area contributed by atoms with Crippen molar-refractivity contribution in [3.63, 3.8) is 0 Å². The minimum absolute atomic E-state index is 0.00363. The summed E-state index contributed by atoms with van der Waals surface area (Å²) in [5, 5.41) is 14.8. The van der Waals surface area contributed by atoms with Gasteiger partial charge in [-0.3, -0.25) is 9.59 Å². The first-order valence-corrected chi connectivity index (χ1v) is 12.6. The molecule has 2 aromatic carbocycles. The molecule has 7 heteroatoms. The van der Waals surface area contributed by atoms with Crippen LogP contribution >= 0.6 is 0 Å². The molecule has 3 aliphatic carbocycles. The van der Waals surface area contributed by atoms with Crippen molar-refractivity contribution < 1.29 is 24.2 Å². The maximum atomic E-state index is 12.9. The standard InChI is InChI=1S/C28H32N2O5/c31-26(32)14-18-12-20(13-18)30-27(33)19(11-17-9-10-17)15-29-28(34)35-16-25-23-7-3-1-5-21(23)22-6-2-4-8-24(22)25/h1-8,17-20,25H,9-16H2,(H,29,34)(H,30,33)(H,31,32). The number of carbonyl (C=O) groups excluding carboxylic acids is 2. The molecule has 0 aliphatic heterocycles. The van der Waals surface area contributed by atoms with Gasteiger partial charge in [-0.15, -0.1) is 0 Å². The van der Waals surface area contributed by atoms with Crippen molar-refractivity contribution in [2.75, 3.05) is 13.2 Å². The van der Waals surface area contributed by atoms with Crippen molar-refractivity contribution in [3.05, 3.63) is 59.7 Å². The van der Waals surface area contributed by atoms with Crippen molar-refractivity contribution in [1.29, 1.82) is 0 Å². The van der Waals surface area contributed by atoms with Crippen molar-refractivity contribution in [3.8, 4) is 11.1 Å². The van der Waals surface area contributed by atoms with Gasteiger partial charge >= 0.3 is 12.1 Å². The Morgan fingerprint density at radius 1 is 0.943 bits per heavy atom. The minimum Gasteiger partial charge on any atom is -0.481 e. The monoisotopic (exact) mass is 476 g/mol. The first-order chi connectivity index (χ1) is 17.0. The summed E-state index contributed by atoms with van der Waals surface area (Å²) in [5.74, 6) is -0.485. The number of ether oxygens (including phenoxy) is 1. The summed E-state index contributed by atoms with van der Waals surface area (Å²) in [6.07, 6.45) is 4.05. The van der Waals surface area contributed by atoms with E-state index in [1.54, 1.807) is 0 Å². The lowest BCUT2D eigenvalue weighted by atomic mass is 9.78. The van der Waals surface area contributed by atoms with Gasteiger partial charge in [0.2, 0.25) is 5.91 Å². The first-order valence-electron chi connectivity index (χ1n) is 12.6. The van der Waals surface area contributed by atoms with Crippen LogP contribution in [0.2, 0.25) is 0 Å². The zero-order valence-electron chi connectivity index (χ0n) is 19.7. The van der Waals surface area contributed by atoms with Crippen molar-refractivity contribution >= 4 is 18.0 Å². The Morgan fingerprint density at radius 2 is 1.57 bits per heavy atom. The minimum atomic E-state index is -0.793. The van der Waals surface area contributed by atoms with Gasteiger partial charge in [-0.1, -0.05) is 61.4 Å². The Balaban J connectivity index is 1.12. The van der Waals surface area contributed by atoms with Gasteiger partial charge < -0.3 is 20.5 Å². The van der Waals surface area contributed by atoms with Crippen LogP contribution in [0.1, 0.15) is 55.6 Å². The maximum Gasteiger partial charge on any atom is 0.407 e. The number of nitrogens with one attached hydrogen (secondary N) is 2. The Morgan fingerprint density at radius 3 is 2.17 bits per heavy atom. The van der Waals surface area contributed by atoms with Gasteiger partial charge in [-0.05, 0) is 53.4 Å². The van der Waals surface area contributed by atoms with E-state index in [-0.39, 0.29) is 49.3 Å². The van der Waals surface area contributed by atoms with Gasteiger partial charge in [0.05, 0.1) is 5.92 Å². The predicted molar refractivity (Wildman–Crippen MR) is 131 cm³/mol. The summed E-state index contributed by atoms with van der Waals surface area (Å²) in [5.41, 5.74) is 4.68. The lowest BCUT2D eigenvalue weighted by Crippen LogP contribution is -2.48. The lowest BCUT2D eigenvalue weighted by molar-refractivity contribution is -0.139. The molecule has 7 nitrogen and oxygen atoms in total. The molecule has 184 valence electrons. The predicted octanol–water partition coefficient (Wildman–Crippen LogP) is 4.31. The van der Waals surface area contributed by atoms with Gasteiger partial charge in [-0.2, -0.15) is 0 Å². The Labute approximate surface area is 205 Å². The number of benzene rings is 2. The zero-order valence-corrected chi connectivity index (χ0v) is 19.7. The van der Waals surface area contributed by atoms with Crippen LogP contribution in [0.15, 0.2) is 48.5 Å². The molecule has 2 fully saturated rings. The smallest absolute Gasteiger partial charge is 0.407 e. The van der Waals surface area contributed by atoms with Crippen molar-refractivity contribution in [2.24, 2.45) is 17.8 Å². The second kappa shape index (κ2) is 10.1. The molecule has 0 aromatic heterocycles. The largest absolute Gasteiger partial charge is 0.481 e. The van der Waals surface area contributed by atoms with Gasteiger partial charge in [-0.25, -0.2) is 4.79 Å². The lowest BCUT2D eigenvalue weighted by Gasteiger charge is -2.36.